The molecule has 0 radical (unpaired) electrons. The fourth-order valence-electron chi connectivity index (χ4n) is 4.94. The molecule has 2 atom stereocenters. The van der Waals surface area contributed by atoms with Crippen LogP contribution in [0.15, 0.2) is 12.1 Å². The first-order valence-corrected chi connectivity index (χ1v) is 14.6. The van der Waals surface area contributed by atoms with Gasteiger partial charge in [0.25, 0.3) is 0 Å². The highest BCUT2D eigenvalue weighted by Gasteiger charge is 2.34. The summed E-state index contributed by atoms with van der Waals surface area (Å²) in [5, 5.41) is 3.31. The molecule has 1 aromatic rings. The number of aryl methyl sites for hydroxylation is 1. The number of rotatable bonds is 7. The van der Waals surface area contributed by atoms with E-state index in [0.717, 1.165) is 49.1 Å². The van der Waals surface area contributed by atoms with E-state index in [1.165, 1.54) is 5.56 Å². The largest absolute Gasteiger partial charge is 0.481 e. The van der Waals surface area contributed by atoms with Gasteiger partial charge in [0.15, 0.2) is 0 Å². The molecule has 8 nitrogen and oxygen atoms in total. The molecule has 0 spiro atoms. The molecule has 1 aromatic carbocycles. The second-order valence-corrected chi connectivity index (χ2v) is 13.3. The third kappa shape index (κ3) is 8.47. The zero-order valence-corrected chi connectivity index (χ0v) is 26.0. The van der Waals surface area contributed by atoms with Crippen LogP contribution in [0.3, 0.4) is 0 Å². The van der Waals surface area contributed by atoms with Gasteiger partial charge < -0.3 is 29.3 Å². The lowest BCUT2D eigenvalue weighted by Gasteiger charge is -2.38. The lowest BCUT2D eigenvalue weighted by Crippen LogP contribution is -2.43. The van der Waals surface area contributed by atoms with Crippen LogP contribution in [0.5, 0.6) is 5.75 Å². The molecule has 39 heavy (non-hydrogen) atoms. The lowest BCUT2D eigenvalue weighted by atomic mass is 9.86. The number of hydrogen-bond donors (Lipinski definition) is 1. The number of hydrogen-bond acceptors (Lipinski definition) is 6. The molecule has 2 aliphatic rings. The monoisotopic (exact) mass is 561 g/mol. The standard InChI is InChI=1S/C30H47N3O5S/c1-19(2)32(27(34)37-29(4,5)6)15-10-11-16-33(28(35)38-30(7,8)9)24-14-12-13-21-17-25-23(18-22(21)24)31-26(39)20(3)36-25/h17-20,24H,10-16H2,1-9H3,(H,31,39). The van der Waals surface area contributed by atoms with E-state index in [-0.39, 0.29) is 30.4 Å². The highest BCUT2D eigenvalue weighted by molar-refractivity contribution is 7.80. The first-order valence-electron chi connectivity index (χ1n) is 14.2. The first-order chi connectivity index (χ1) is 18.1. The van der Waals surface area contributed by atoms with E-state index in [9.17, 15) is 9.59 Å². The molecule has 1 heterocycles. The van der Waals surface area contributed by atoms with Crippen molar-refractivity contribution in [2.45, 2.75) is 124 Å². The van der Waals surface area contributed by atoms with Gasteiger partial charge in [-0.15, -0.1) is 0 Å². The minimum Gasteiger partial charge on any atom is -0.481 e. The van der Waals surface area contributed by atoms with E-state index in [2.05, 4.69) is 17.4 Å². The van der Waals surface area contributed by atoms with Crippen LogP contribution < -0.4 is 10.1 Å². The van der Waals surface area contributed by atoms with E-state index < -0.39 is 11.2 Å². The van der Waals surface area contributed by atoms with Crippen molar-refractivity contribution in [2.75, 3.05) is 18.4 Å². The molecule has 1 aliphatic heterocycles. The van der Waals surface area contributed by atoms with Gasteiger partial charge in [0, 0.05) is 19.1 Å². The second kappa shape index (κ2) is 12.3. The number of anilines is 1. The van der Waals surface area contributed by atoms with Gasteiger partial charge in [0.2, 0.25) is 0 Å². The Morgan fingerprint density at radius 1 is 1.05 bits per heavy atom. The number of unbranched alkanes of at least 4 members (excludes halogenated alkanes) is 1. The smallest absolute Gasteiger partial charge is 0.410 e. The Balaban J connectivity index is 1.79. The van der Waals surface area contributed by atoms with Gasteiger partial charge in [-0.25, -0.2) is 9.59 Å². The Morgan fingerprint density at radius 3 is 2.28 bits per heavy atom. The van der Waals surface area contributed by atoms with Crippen LogP contribution in [0.1, 0.15) is 105 Å². The molecule has 0 aromatic heterocycles. The van der Waals surface area contributed by atoms with E-state index in [1.807, 2.05) is 67.2 Å². The predicted octanol–water partition coefficient (Wildman–Crippen LogP) is 7.25. The van der Waals surface area contributed by atoms with Gasteiger partial charge in [0.1, 0.15) is 28.0 Å². The number of ether oxygens (including phenoxy) is 3. The number of fused-ring (bicyclic) bond motifs is 2. The Kier molecular flexibility index (Phi) is 9.78. The number of carbonyl (C=O) groups is 2. The summed E-state index contributed by atoms with van der Waals surface area (Å²) in [6, 6.07) is 4.08. The van der Waals surface area contributed by atoms with Crippen molar-refractivity contribution in [3.63, 3.8) is 0 Å². The molecule has 3 rings (SSSR count). The molecule has 218 valence electrons. The summed E-state index contributed by atoms with van der Waals surface area (Å²) < 4.78 is 17.5. The Morgan fingerprint density at radius 2 is 1.67 bits per heavy atom. The zero-order chi connectivity index (χ0) is 29.1. The third-order valence-corrected chi connectivity index (χ3v) is 7.19. The van der Waals surface area contributed by atoms with Crippen molar-refractivity contribution in [2.24, 2.45) is 0 Å². The fraction of sp³-hybridized carbons (Fsp3) is 0.700. The highest BCUT2D eigenvalue weighted by Crippen LogP contribution is 2.42. The predicted molar refractivity (Wildman–Crippen MR) is 159 cm³/mol. The lowest BCUT2D eigenvalue weighted by molar-refractivity contribution is 0.0111. The Hall–Kier alpha value is -2.55. The number of benzene rings is 1. The van der Waals surface area contributed by atoms with Gasteiger partial charge >= 0.3 is 12.2 Å². The summed E-state index contributed by atoms with van der Waals surface area (Å²) in [5.74, 6) is 0.801. The quantitative estimate of drug-likeness (QED) is 0.277. The summed E-state index contributed by atoms with van der Waals surface area (Å²) in [5.41, 5.74) is 1.99. The number of nitrogens with one attached hydrogen (secondary N) is 1. The Labute approximate surface area is 239 Å². The van der Waals surface area contributed by atoms with Crippen molar-refractivity contribution in [3.05, 3.63) is 23.3 Å². The van der Waals surface area contributed by atoms with Gasteiger partial charge in [0.05, 0.1) is 11.7 Å². The maximum absolute atomic E-state index is 13.5. The molecule has 1 N–H and O–H groups in total. The molecule has 2 amide bonds. The van der Waals surface area contributed by atoms with Crippen molar-refractivity contribution in [3.8, 4) is 5.75 Å². The SMILES string of the molecule is CC1Oc2cc3c(cc2NC1=S)C(N(CCCCN(C(=O)OC(C)(C)C)C(C)C)C(=O)OC(C)(C)C)CCC3. The topological polar surface area (TPSA) is 80.3 Å². The minimum absolute atomic E-state index is 0.0155. The fourth-order valence-corrected chi connectivity index (χ4v) is 5.10. The van der Waals surface area contributed by atoms with Crippen molar-refractivity contribution < 1.29 is 23.8 Å². The Bertz CT molecular complexity index is 1060. The van der Waals surface area contributed by atoms with Crippen molar-refractivity contribution >= 4 is 35.1 Å². The number of thiocarbonyl (C=S) groups is 1. The van der Waals surface area contributed by atoms with Crippen molar-refractivity contribution in [1.82, 2.24) is 9.80 Å². The van der Waals surface area contributed by atoms with E-state index in [1.54, 1.807) is 4.90 Å². The number of nitrogens with zero attached hydrogens (tertiary/aromatic N) is 2. The molecule has 2 unspecified atom stereocenters. The molecule has 1 aliphatic carbocycles. The van der Waals surface area contributed by atoms with E-state index in [4.69, 9.17) is 26.4 Å². The molecule has 0 saturated heterocycles. The number of amides is 2. The van der Waals surface area contributed by atoms with E-state index in [0.29, 0.717) is 18.1 Å². The highest BCUT2D eigenvalue weighted by atomic mass is 32.1. The molecule has 0 fully saturated rings. The molecular weight excluding hydrogens is 514 g/mol. The normalized spacial score (nSPS) is 18.9. The first kappa shape index (κ1) is 31.0. The summed E-state index contributed by atoms with van der Waals surface area (Å²) in [4.78, 5) is 30.5. The summed E-state index contributed by atoms with van der Waals surface area (Å²) in [7, 11) is 0. The van der Waals surface area contributed by atoms with Gasteiger partial charge in [-0.1, -0.05) is 12.2 Å². The van der Waals surface area contributed by atoms with Gasteiger partial charge in [-0.3, -0.25) is 0 Å². The summed E-state index contributed by atoms with van der Waals surface area (Å²) >= 11 is 5.44. The van der Waals surface area contributed by atoms with Crippen LogP contribution in [0.25, 0.3) is 0 Å². The molecular formula is C30H47N3O5S. The molecule has 0 bridgehead atoms. The maximum atomic E-state index is 13.5. The summed E-state index contributed by atoms with van der Waals surface area (Å²) in [6.45, 7) is 18.3. The van der Waals surface area contributed by atoms with Crippen LogP contribution in [-0.4, -0.2) is 63.4 Å². The molecule has 9 heteroatoms. The van der Waals surface area contributed by atoms with Crippen LogP contribution in [0, 0.1) is 0 Å². The molecule has 0 saturated carbocycles. The van der Waals surface area contributed by atoms with Gasteiger partial charge in [-0.05, 0) is 118 Å². The zero-order valence-electron chi connectivity index (χ0n) is 25.2. The van der Waals surface area contributed by atoms with E-state index >= 15 is 0 Å². The third-order valence-electron chi connectivity index (χ3n) is 6.76. The van der Waals surface area contributed by atoms with Crippen molar-refractivity contribution in [1.29, 1.82) is 0 Å². The average molecular weight is 562 g/mol. The van der Waals surface area contributed by atoms with Crippen LogP contribution in [-0.2, 0) is 15.9 Å². The van der Waals surface area contributed by atoms with Crippen LogP contribution >= 0.6 is 12.2 Å². The maximum Gasteiger partial charge on any atom is 0.410 e. The van der Waals surface area contributed by atoms with Gasteiger partial charge in [-0.2, -0.15) is 0 Å². The minimum atomic E-state index is -0.606. The summed E-state index contributed by atoms with van der Waals surface area (Å²) in [6.07, 6.45) is 3.41. The second-order valence-electron chi connectivity index (χ2n) is 12.9. The average Bonchev–Trinajstić information content (AvgIpc) is 2.78. The van der Waals surface area contributed by atoms with Crippen LogP contribution in [0.4, 0.5) is 15.3 Å². The number of carbonyl (C=O) groups excluding carboxylic acids is 2. The van der Waals surface area contributed by atoms with Crippen LogP contribution in [0.2, 0.25) is 0 Å².